The Labute approximate surface area is 194 Å². The highest BCUT2D eigenvalue weighted by molar-refractivity contribution is 6.03. The van der Waals surface area contributed by atoms with Gasteiger partial charge < -0.3 is 15.5 Å². The molecule has 1 aliphatic rings. The minimum absolute atomic E-state index is 0.0167. The van der Waals surface area contributed by atoms with Crippen molar-refractivity contribution in [3.05, 3.63) is 53.9 Å². The number of urea groups is 1. The van der Waals surface area contributed by atoms with Gasteiger partial charge in [0, 0.05) is 43.7 Å². The number of anilines is 2. The summed E-state index contributed by atoms with van der Waals surface area (Å²) in [5.41, 5.74) is 0.749. The number of amides is 2. The molecule has 0 radical (unpaired) electrons. The number of fused-ring (bicyclic) bond motifs is 1. The second-order valence-electron chi connectivity index (χ2n) is 8.60. The van der Waals surface area contributed by atoms with E-state index in [1.807, 2.05) is 4.90 Å². The van der Waals surface area contributed by atoms with E-state index in [4.69, 9.17) is 0 Å². The first-order valence-electron chi connectivity index (χ1n) is 11.1. The maximum absolute atomic E-state index is 13.3. The number of pyridine rings is 1. The molecule has 7 nitrogen and oxygen atoms in total. The fourth-order valence-corrected chi connectivity index (χ4v) is 4.16. The normalized spacial score (nSPS) is 14.9. The summed E-state index contributed by atoms with van der Waals surface area (Å²) in [5.74, 6) is 0.615. The zero-order valence-electron chi connectivity index (χ0n) is 18.9. The number of alkyl halides is 3. The maximum Gasteiger partial charge on any atom is 0.433 e. The molecule has 1 aliphatic heterocycles. The molecule has 0 spiro atoms. The summed E-state index contributed by atoms with van der Waals surface area (Å²) in [6, 6.07) is 8.76. The summed E-state index contributed by atoms with van der Waals surface area (Å²) in [6.45, 7) is 4.82. The molecule has 10 heteroatoms. The van der Waals surface area contributed by atoms with Gasteiger partial charge in [0.15, 0.2) is 0 Å². The van der Waals surface area contributed by atoms with Crippen molar-refractivity contribution in [1.29, 1.82) is 0 Å². The van der Waals surface area contributed by atoms with Crippen LogP contribution in [0.25, 0.3) is 10.9 Å². The topological polar surface area (TPSA) is 79.3 Å². The van der Waals surface area contributed by atoms with Gasteiger partial charge in [-0.1, -0.05) is 19.1 Å². The molecule has 2 N–H and O–H groups in total. The molecule has 2 aromatic heterocycles. The number of hydrogen-bond donors (Lipinski definition) is 2. The number of rotatable bonds is 4. The third-order valence-corrected chi connectivity index (χ3v) is 6.09. The van der Waals surface area contributed by atoms with Gasteiger partial charge in [0.1, 0.15) is 11.5 Å². The Bertz CT molecular complexity index is 1210. The molecule has 0 unspecified atom stereocenters. The number of aromatic nitrogens is 2. The zero-order valence-corrected chi connectivity index (χ0v) is 18.9. The highest BCUT2D eigenvalue weighted by atomic mass is 19.4. The van der Waals surface area contributed by atoms with Crippen LogP contribution in [0.1, 0.15) is 42.7 Å². The smallest absolute Gasteiger partial charge is 0.356 e. The lowest BCUT2D eigenvalue weighted by molar-refractivity contribution is -0.141. The molecule has 0 aliphatic carbocycles. The first-order valence-corrected chi connectivity index (χ1v) is 11.1. The largest absolute Gasteiger partial charge is 0.433 e. The van der Waals surface area contributed by atoms with Crippen LogP contribution in [0.4, 0.5) is 29.5 Å². The fraction of sp³-hybridized carbons (Fsp3) is 0.375. The van der Waals surface area contributed by atoms with Crippen LogP contribution >= 0.6 is 0 Å². The Morgan fingerprint density at radius 2 is 1.85 bits per heavy atom. The van der Waals surface area contributed by atoms with Crippen LogP contribution in [0.15, 0.2) is 42.6 Å². The number of carbonyl (C=O) groups is 2. The lowest BCUT2D eigenvalue weighted by atomic mass is 9.99. The lowest BCUT2D eigenvalue weighted by Crippen LogP contribution is -2.35. The van der Waals surface area contributed by atoms with Gasteiger partial charge in [0.05, 0.1) is 11.2 Å². The van der Waals surface area contributed by atoms with Crippen LogP contribution in [0.3, 0.4) is 0 Å². The van der Waals surface area contributed by atoms with Crippen molar-refractivity contribution < 1.29 is 22.8 Å². The van der Waals surface area contributed by atoms with Gasteiger partial charge in [-0.15, -0.1) is 0 Å². The van der Waals surface area contributed by atoms with Crippen molar-refractivity contribution in [2.45, 2.75) is 39.4 Å². The van der Waals surface area contributed by atoms with E-state index in [0.29, 0.717) is 41.2 Å². The van der Waals surface area contributed by atoms with Crippen LogP contribution in [-0.2, 0) is 12.7 Å². The second-order valence-corrected chi connectivity index (χ2v) is 8.60. The monoisotopic (exact) mass is 473 g/mol. The molecule has 2 amide bonds. The molecule has 0 atom stereocenters. The van der Waals surface area contributed by atoms with Crippen LogP contribution in [0.5, 0.6) is 0 Å². The number of piperidine rings is 1. The summed E-state index contributed by atoms with van der Waals surface area (Å²) in [7, 11) is 0. The van der Waals surface area contributed by atoms with E-state index in [9.17, 15) is 22.8 Å². The zero-order chi connectivity index (χ0) is 24.5. The minimum atomic E-state index is -4.55. The molecule has 180 valence electrons. The Morgan fingerprint density at radius 1 is 1.12 bits per heavy atom. The third-order valence-electron chi connectivity index (χ3n) is 6.09. The molecule has 1 fully saturated rings. The Balaban J connectivity index is 1.51. The van der Waals surface area contributed by atoms with E-state index in [1.165, 1.54) is 17.6 Å². The van der Waals surface area contributed by atoms with E-state index in [-0.39, 0.29) is 18.3 Å². The van der Waals surface area contributed by atoms with Gasteiger partial charge >= 0.3 is 12.2 Å². The summed E-state index contributed by atoms with van der Waals surface area (Å²) >= 11 is 0. The van der Waals surface area contributed by atoms with Crippen molar-refractivity contribution in [3.63, 3.8) is 0 Å². The molecule has 34 heavy (non-hydrogen) atoms. The average molecular weight is 473 g/mol. The average Bonchev–Trinajstić information content (AvgIpc) is 3.23. The van der Waals surface area contributed by atoms with Gasteiger partial charge in [0.2, 0.25) is 5.91 Å². The standard InChI is InChI=1S/C24H26F3N5O2/c1-15-8-11-31(12-9-15)22-17(6-7-21(30-22)24(25,26)27)14-28-23(34)29-19-4-3-5-20-18(19)10-13-32(20)16(2)33/h3-7,10,13,15H,8-9,11-12,14H2,1-2H3,(H2,28,29,34). The van der Waals surface area contributed by atoms with E-state index < -0.39 is 17.9 Å². The first-order chi connectivity index (χ1) is 16.1. The van der Waals surface area contributed by atoms with E-state index in [0.717, 1.165) is 18.9 Å². The van der Waals surface area contributed by atoms with Crippen molar-refractivity contribution >= 4 is 34.3 Å². The van der Waals surface area contributed by atoms with Gasteiger partial charge in [-0.05, 0) is 43.0 Å². The van der Waals surface area contributed by atoms with Gasteiger partial charge in [0.25, 0.3) is 0 Å². The van der Waals surface area contributed by atoms with Crippen LogP contribution in [0, 0.1) is 5.92 Å². The molecule has 1 aromatic carbocycles. The molecule has 3 aromatic rings. The SMILES string of the molecule is CC(=O)n1ccc2c(NC(=O)NCc3ccc(C(F)(F)F)nc3N3CCC(C)CC3)cccc21. The third kappa shape index (κ3) is 5.00. The van der Waals surface area contributed by atoms with Gasteiger partial charge in [-0.3, -0.25) is 9.36 Å². The summed E-state index contributed by atoms with van der Waals surface area (Å²) in [6.07, 6.45) is -1.17. The second kappa shape index (κ2) is 9.36. The Morgan fingerprint density at radius 3 is 2.53 bits per heavy atom. The quantitative estimate of drug-likeness (QED) is 0.541. The van der Waals surface area contributed by atoms with Gasteiger partial charge in [-0.25, -0.2) is 9.78 Å². The fourth-order valence-electron chi connectivity index (χ4n) is 4.16. The van der Waals surface area contributed by atoms with E-state index >= 15 is 0 Å². The number of halogens is 3. The molecular formula is C24H26F3N5O2. The molecule has 1 saturated heterocycles. The molecule has 0 bridgehead atoms. The van der Waals surface area contributed by atoms with Crippen LogP contribution in [-0.4, -0.2) is 34.6 Å². The Hall–Kier alpha value is -3.56. The molecule has 0 saturated carbocycles. The lowest BCUT2D eigenvalue weighted by Gasteiger charge is -2.33. The Kier molecular flexibility index (Phi) is 6.49. The van der Waals surface area contributed by atoms with Crippen molar-refractivity contribution in [3.8, 4) is 0 Å². The predicted octanol–water partition coefficient (Wildman–Crippen LogP) is 5.27. The summed E-state index contributed by atoms with van der Waals surface area (Å²) in [5, 5.41) is 6.18. The van der Waals surface area contributed by atoms with E-state index in [2.05, 4.69) is 22.5 Å². The number of benzene rings is 1. The molecular weight excluding hydrogens is 447 g/mol. The van der Waals surface area contributed by atoms with Crippen LogP contribution < -0.4 is 15.5 Å². The minimum Gasteiger partial charge on any atom is -0.356 e. The van der Waals surface area contributed by atoms with Gasteiger partial charge in [-0.2, -0.15) is 13.2 Å². The highest BCUT2D eigenvalue weighted by Crippen LogP contribution is 2.32. The molecule has 4 rings (SSSR count). The summed E-state index contributed by atoms with van der Waals surface area (Å²) < 4.78 is 41.3. The number of nitrogens with zero attached hydrogens (tertiary/aromatic N) is 3. The molecule has 3 heterocycles. The number of carbonyl (C=O) groups excluding carboxylic acids is 2. The highest BCUT2D eigenvalue weighted by Gasteiger charge is 2.34. The predicted molar refractivity (Wildman–Crippen MR) is 124 cm³/mol. The van der Waals surface area contributed by atoms with Crippen LogP contribution in [0.2, 0.25) is 0 Å². The van der Waals surface area contributed by atoms with E-state index in [1.54, 1.807) is 30.5 Å². The first kappa shape index (κ1) is 23.6. The van der Waals surface area contributed by atoms with Crippen molar-refractivity contribution in [1.82, 2.24) is 14.9 Å². The maximum atomic E-state index is 13.3. The summed E-state index contributed by atoms with van der Waals surface area (Å²) in [4.78, 5) is 30.1. The number of hydrogen-bond acceptors (Lipinski definition) is 4. The number of nitrogens with one attached hydrogen (secondary N) is 2. The van der Waals surface area contributed by atoms with Crippen molar-refractivity contribution in [2.24, 2.45) is 5.92 Å². The van der Waals surface area contributed by atoms with Crippen molar-refractivity contribution in [2.75, 3.05) is 23.3 Å².